The van der Waals surface area contributed by atoms with Crippen LogP contribution in [0, 0.1) is 11.3 Å². The normalized spacial score (nSPS) is 28.2. The monoisotopic (exact) mass is 247 g/mol. The lowest BCUT2D eigenvalue weighted by molar-refractivity contribution is -0.153. The molecule has 94 valence electrons. The molecule has 0 radical (unpaired) electrons. The Hall–Kier alpha value is -0.280. The Kier molecular flexibility index (Phi) is 5.06. The van der Waals surface area contributed by atoms with Gasteiger partial charge in [-0.2, -0.15) is 0 Å². The predicted molar refractivity (Wildman–Crippen MR) is 65.8 cm³/mol. The molecule has 1 saturated carbocycles. The van der Waals surface area contributed by atoms with E-state index >= 15 is 0 Å². The Morgan fingerprint density at radius 2 is 1.94 bits per heavy atom. The number of methoxy groups -OCH3 is 1. The summed E-state index contributed by atoms with van der Waals surface area (Å²) in [6.45, 7) is 2.13. The highest BCUT2D eigenvalue weighted by molar-refractivity contribution is 5.85. The van der Waals surface area contributed by atoms with Crippen LogP contribution in [0.1, 0.15) is 38.5 Å². The second-order valence-corrected chi connectivity index (χ2v) is 4.93. The molecule has 3 nitrogen and oxygen atoms in total. The van der Waals surface area contributed by atoms with Crippen molar-refractivity contribution in [1.29, 1.82) is 0 Å². The molecule has 0 aromatic carbocycles. The first-order valence-electron chi connectivity index (χ1n) is 6.07. The van der Waals surface area contributed by atoms with E-state index in [4.69, 9.17) is 4.74 Å². The van der Waals surface area contributed by atoms with Crippen LogP contribution < -0.4 is 5.32 Å². The Morgan fingerprint density at radius 3 is 2.56 bits per heavy atom. The zero-order chi connectivity index (χ0) is 10.7. The Morgan fingerprint density at radius 1 is 1.25 bits per heavy atom. The third kappa shape index (κ3) is 2.51. The highest BCUT2D eigenvalue weighted by Gasteiger charge is 2.45. The van der Waals surface area contributed by atoms with E-state index in [0.717, 1.165) is 32.4 Å². The van der Waals surface area contributed by atoms with E-state index < -0.39 is 0 Å². The van der Waals surface area contributed by atoms with Gasteiger partial charge in [0.25, 0.3) is 0 Å². The molecule has 0 bridgehead atoms. The van der Waals surface area contributed by atoms with Crippen molar-refractivity contribution >= 4 is 18.4 Å². The van der Waals surface area contributed by atoms with Crippen molar-refractivity contribution in [2.75, 3.05) is 20.2 Å². The summed E-state index contributed by atoms with van der Waals surface area (Å²) in [5.74, 6) is 0.190. The average Bonchev–Trinajstić information content (AvgIpc) is 2.30. The molecule has 2 fully saturated rings. The van der Waals surface area contributed by atoms with Crippen LogP contribution in [0.4, 0.5) is 0 Å². The molecule has 2 rings (SSSR count). The van der Waals surface area contributed by atoms with Crippen LogP contribution in [0.5, 0.6) is 0 Å². The van der Waals surface area contributed by atoms with Gasteiger partial charge in [-0.05, 0) is 44.2 Å². The fourth-order valence-electron chi connectivity index (χ4n) is 3.34. The summed E-state index contributed by atoms with van der Waals surface area (Å²) in [5, 5.41) is 3.38. The molecular weight excluding hydrogens is 226 g/mol. The smallest absolute Gasteiger partial charge is 0.309 e. The predicted octanol–water partition coefficient (Wildman–Crippen LogP) is 2.14. The highest BCUT2D eigenvalue weighted by atomic mass is 35.5. The van der Waals surface area contributed by atoms with Crippen molar-refractivity contribution in [2.45, 2.75) is 38.5 Å². The van der Waals surface area contributed by atoms with E-state index in [1.807, 2.05) is 0 Å². The molecule has 1 heterocycles. The molecular formula is C12H22ClNO2. The van der Waals surface area contributed by atoms with Gasteiger partial charge in [-0.25, -0.2) is 0 Å². The topological polar surface area (TPSA) is 38.3 Å². The fraction of sp³-hybridized carbons (Fsp3) is 0.917. The molecule has 0 aromatic heterocycles. The Labute approximate surface area is 104 Å². The standard InChI is InChI=1S/C12H21NO2.ClH/c1-15-11(14)10-4-2-3-5-12(10)6-8-13-9-7-12;/h10,13H,2-9H2,1H3;1H. The van der Waals surface area contributed by atoms with Gasteiger partial charge in [0.15, 0.2) is 0 Å². The van der Waals surface area contributed by atoms with Crippen molar-refractivity contribution in [3.63, 3.8) is 0 Å². The molecule has 2 aliphatic rings. The summed E-state index contributed by atoms with van der Waals surface area (Å²) in [4.78, 5) is 11.8. The molecule has 1 unspecified atom stereocenters. The van der Waals surface area contributed by atoms with E-state index in [9.17, 15) is 4.79 Å². The van der Waals surface area contributed by atoms with Gasteiger partial charge < -0.3 is 10.1 Å². The summed E-state index contributed by atoms with van der Waals surface area (Å²) in [6, 6.07) is 0. The van der Waals surface area contributed by atoms with Gasteiger partial charge in [-0.3, -0.25) is 4.79 Å². The van der Waals surface area contributed by atoms with Gasteiger partial charge >= 0.3 is 5.97 Å². The minimum atomic E-state index is 0. The van der Waals surface area contributed by atoms with Crippen LogP contribution in [-0.4, -0.2) is 26.2 Å². The molecule has 0 aromatic rings. The van der Waals surface area contributed by atoms with Gasteiger partial charge in [0.2, 0.25) is 0 Å². The van der Waals surface area contributed by atoms with Crippen molar-refractivity contribution in [2.24, 2.45) is 11.3 Å². The van der Waals surface area contributed by atoms with E-state index in [1.165, 1.54) is 26.4 Å². The summed E-state index contributed by atoms with van der Waals surface area (Å²) < 4.78 is 4.96. The number of piperidine rings is 1. The maximum atomic E-state index is 11.8. The third-order valence-electron chi connectivity index (χ3n) is 4.24. The summed E-state index contributed by atoms with van der Waals surface area (Å²) >= 11 is 0. The maximum Gasteiger partial charge on any atom is 0.309 e. The number of ether oxygens (including phenoxy) is 1. The van der Waals surface area contributed by atoms with Gasteiger partial charge in [-0.15, -0.1) is 12.4 Å². The first-order chi connectivity index (χ1) is 7.28. The summed E-state index contributed by atoms with van der Waals surface area (Å²) in [7, 11) is 1.52. The highest BCUT2D eigenvalue weighted by Crippen LogP contribution is 2.47. The zero-order valence-electron chi connectivity index (χ0n) is 9.96. The number of carbonyl (C=O) groups excluding carboxylic acids is 1. The van der Waals surface area contributed by atoms with Crippen LogP contribution >= 0.6 is 12.4 Å². The molecule has 1 atom stereocenters. The molecule has 0 amide bonds. The number of halogens is 1. The minimum absolute atomic E-state index is 0. The van der Waals surface area contributed by atoms with Crippen LogP contribution in [-0.2, 0) is 9.53 Å². The SMILES string of the molecule is COC(=O)C1CCCCC12CCNCC2.Cl. The van der Waals surface area contributed by atoms with Crippen LogP contribution in [0.3, 0.4) is 0 Å². The van der Waals surface area contributed by atoms with Crippen LogP contribution in [0.15, 0.2) is 0 Å². The van der Waals surface area contributed by atoms with Crippen LogP contribution in [0.25, 0.3) is 0 Å². The zero-order valence-corrected chi connectivity index (χ0v) is 10.8. The van der Waals surface area contributed by atoms with Gasteiger partial charge in [0, 0.05) is 0 Å². The molecule has 4 heteroatoms. The molecule has 1 aliphatic heterocycles. The van der Waals surface area contributed by atoms with Crippen LogP contribution in [0.2, 0.25) is 0 Å². The largest absolute Gasteiger partial charge is 0.469 e. The molecule has 1 N–H and O–H groups in total. The van der Waals surface area contributed by atoms with E-state index in [1.54, 1.807) is 0 Å². The Bertz CT molecular complexity index is 231. The molecule has 16 heavy (non-hydrogen) atoms. The lowest BCUT2D eigenvalue weighted by atomic mass is 9.61. The lowest BCUT2D eigenvalue weighted by Gasteiger charge is -2.45. The molecule has 1 aliphatic carbocycles. The lowest BCUT2D eigenvalue weighted by Crippen LogP contribution is -2.46. The number of nitrogens with one attached hydrogen (secondary N) is 1. The molecule has 1 spiro atoms. The first-order valence-corrected chi connectivity index (χ1v) is 6.07. The number of rotatable bonds is 1. The van der Waals surface area contributed by atoms with Gasteiger partial charge in [-0.1, -0.05) is 12.8 Å². The number of hydrogen-bond acceptors (Lipinski definition) is 3. The molecule has 1 saturated heterocycles. The Balaban J connectivity index is 0.00000128. The van der Waals surface area contributed by atoms with Crippen molar-refractivity contribution in [1.82, 2.24) is 5.32 Å². The maximum absolute atomic E-state index is 11.8. The third-order valence-corrected chi connectivity index (χ3v) is 4.24. The van der Waals surface area contributed by atoms with E-state index in [-0.39, 0.29) is 29.7 Å². The average molecular weight is 248 g/mol. The quantitative estimate of drug-likeness (QED) is 0.722. The first kappa shape index (κ1) is 13.8. The second-order valence-electron chi connectivity index (χ2n) is 4.93. The summed E-state index contributed by atoms with van der Waals surface area (Å²) in [5.41, 5.74) is 0.261. The number of esters is 1. The van der Waals surface area contributed by atoms with Gasteiger partial charge in [0.05, 0.1) is 13.0 Å². The van der Waals surface area contributed by atoms with E-state index in [0.29, 0.717) is 0 Å². The van der Waals surface area contributed by atoms with Crippen molar-refractivity contribution < 1.29 is 9.53 Å². The van der Waals surface area contributed by atoms with Crippen molar-refractivity contribution in [3.8, 4) is 0 Å². The minimum Gasteiger partial charge on any atom is -0.469 e. The second kappa shape index (κ2) is 5.87. The number of carbonyl (C=O) groups is 1. The fourth-order valence-corrected chi connectivity index (χ4v) is 3.34. The van der Waals surface area contributed by atoms with Gasteiger partial charge in [0.1, 0.15) is 0 Å². The summed E-state index contributed by atoms with van der Waals surface area (Å²) in [6.07, 6.45) is 7.02. The van der Waals surface area contributed by atoms with Crippen molar-refractivity contribution in [3.05, 3.63) is 0 Å². The number of hydrogen-bond donors (Lipinski definition) is 1. The van der Waals surface area contributed by atoms with E-state index in [2.05, 4.69) is 5.32 Å².